The molecule has 0 saturated heterocycles. The second-order valence-electron chi connectivity index (χ2n) is 4.62. The summed E-state index contributed by atoms with van der Waals surface area (Å²) in [5, 5.41) is 8.65. The van der Waals surface area contributed by atoms with Crippen molar-refractivity contribution >= 4 is 17.7 Å². The number of carbonyl (C=O) groups excluding carboxylic acids is 1. The lowest BCUT2D eigenvalue weighted by Crippen LogP contribution is -2.29. The molecule has 0 aliphatic carbocycles. The number of benzene rings is 1. The van der Waals surface area contributed by atoms with Gasteiger partial charge in [-0.1, -0.05) is 37.7 Å². The van der Waals surface area contributed by atoms with Crippen molar-refractivity contribution < 1.29 is 9.53 Å². The van der Waals surface area contributed by atoms with Crippen molar-refractivity contribution in [3.8, 4) is 5.75 Å². The Bertz CT molecular complexity index is 625. The van der Waals surface area contributed by atoms with Crippen LogP contribution in [-0.4, -0.2) is 33.1 Å². The summed E-state index contributed by atoms with van der Waals surface area (Å²) in [5.74, 6) is 1.92. The lowest BCUT2D eigenvalue weighted by Gasteiger charge is -2.10. The van der Waals surface area contributed by atoms with Crippen molar-refractivity contribution in [3.63, 3.8) is 0 Å². The highest BCUT2D eigenvalue weighted by Crippen LogP contribution is 2.15. The van der Waals surface area contributed by atoms with E-state index in [9.17, 15) is 4.79 Å². The van der Waals surface area contributed by atoms with Gasteiger partial charge in [-0.15, -0.1) is 10.2 Å². The van der Waals surface area contributed by atoms with Gasteiger partial charge in [-0.05, 0) is 36.8 Å². The summed E-state index contributed by atoms with van der Waals surface area (Å²) in [6, 6.07) is 7.73. The Labute approximate surface area is 134 Å². The molecule has 118 valence electrons. The van der Waals surface area contributed by atoms with Gasteiger partial charge in [0.15, 0.2) is 6.61 Å². The summed E-state index contributed by atoms with van der Waals surface area (Å²) < 4.78 is 7.07. The van der Waals surface area contributed by atoms with Crippen molar-refractivity contribution in [3.05, 3.63) is 35.7 Å². The van der Waals surface area contributed by atoms with Crippen LogP contribution < -0.4 is 10.2 Å². The van der Waals surface area contributed by atoms with Gasteiger partial charge in [-0.2, -0.15) is 0 Å². The van der Waals surface area contributed by atoms with Crippen molar-refractivity contribution in [1.82, 2.24) is 14.9 Å². The maximum atomic E-state index is 12.0. The average Bonchev–Trinajstić information content (AvgIpc) is 2.87. The van der Waals surface area contributed by atoms with Crippen LogP contribution in [0.25, 0.3) is 0 Å². The first-order valence-corrected chi connectivity index (χ1v) is 8.19. The van der Waals surface area contributed by atoms with Crippen molar-refractivity contribution in [2.75, 3.05) is 17.8 Å². The molecule has 0 atom stereocenters. The molecule has 22 heavy (non-hydrogen) atoms. The SMILES string of the molecule is CCSc1nnc(C)n1NC(=O)COc1ccc(CC)cc1. The Balaban J connectivity index is 1.91. The van der Waals surface area contributed by atoms with Crippen LogP contribution in [0.5, 0.6) is 5.75 Å². The Morgan fingerprint density at radius 2 is 2.00 bits per heavy atom. The van der Waals surface area contributed by atoms with Gasteiger partial charge in [0.1, 0.15) is 11.6 Å². The molecular weight excluding hydrogens is 300 g/mol. The molecule has 0 aliphatic rings. The first kappa shape index (κ1) is 16.4. The van der Waals surface area contributed by atoms with Crippen molar-refractivity contribution in [2.24, 2.45) is 0 Å². The van der Waals surface area contributed by atoms with Crippen molar-refractivity contribution in [1.29, 1.82) is 0 Å². The normalized spacial score (nSPS) is 10.5. The molecule has 2 rings (SSSR count). The molecule has 2 aromatic rings. The largest absolute Gasteiger partial charge is 0.484 e. The van der Waals surface area contributed by atoms with Gasteiger partial charge in [-0.25, -0.2) is 4.68 Å². The molecule has 1 N–H and O–H groups in total. The summed E-state index contributed by atoms with van der Waals surface area (Å²) in [7, 11) is 0. The number of nitrogens with one attached hydrogen (secondary N) is 1. The van der Waals surface area contributed by atoms with E-state index in [0.717, 1.165) is 12.2 Å². The number of ether oxygens (including phenoxy) is 1. The first-order valence-electron chi connectivity index (χ1n) is 7.20. The summed E-state index contributed by atoms with van der Waals surface area (Å²) in [4.78, 5) is 12.0. The third-order valence-corrected chi connectivity index (χ3v) is 3.82. The maximum absolute atomic E-state index is 12.0. The zero-order valence-electron chi connectivity index (χ0n) is 13.0. The van der Waals surface area contributed by atoms with E-state index in [2.05, 4.69) is 22.5 Å². The van der Waals surface area contributed by atoms with E-state index in [-0.39, 0.29) is 12.5 Å². The highest BCUT2D eigenvalue weighted by atomic mass is 32.2. The Morgan fingerprint density at radius 3 is 2.64 bits per heavy atom. The lowest BCUT2D eigenvalue weighted by molar-refractivity contribution is -0.119. The molecular formula is C15H20N4O2S. The zero-order valence-corrected chi connectivity index (χ0v) is 13.8. The molecule has 1 amide bonds. The van der Waals surface area contributed by atoms with Gasteiger partial charge in [0.2, 0.25) is 5.16 Å². The molecule has 0 unspecified atom stereocenters. The van der Waals surface area contributed by atoms with Crippen LogP contribution in [0.2, 0.25) is 0 Å². The molecule has 6 nitrogen and oxygen atoms in total. The quantitative estimate of drug-likeness (QED) is 0.793. The molecule has 0 radical (unpaired) electrons. The monoisotopic (exact) mass is 320 g/mol. The molecule has 0 spiro atoms. The molecule has 1 heterocycles. The number of thioether (sulfide) groups is 1. The Morgan fingerprint density at radius 1 is 1.27 bits per heavy atom. The van der Waals surface area contributed by atoms with Crippen LogP contribution in [0.1, 0.15) is 25.2 Å². The minimum Gasteiger partial charge on any atom is -0.484 e. The summed E-state index contributed by atoms with van der Waals surface area (Å²) in [6.45, 7) is 5.84. The number of hydrogen-bond donors (Lipinski definition) is 1. The third kappa shape index (κ3) is 4.24. The minimum absolute atomic E-state index is 0.0562. The van der Waals surface area contributed by atoms with Crippen LogP contribution in [0.4, 0.5) is 0 Å². The molecule has 0 fully saturated rings. The molecule has 0 saturated carbocycles. The topological polar surface area (TPSA) is 69.0 Å². The smallest absolute Gasteiger partial charge is 0.276 e. The fourth-order valence-electron chi connectivity index (χ4n) is 1.82. The molecule has 0 bridgehead atoms. The van der Waals surface area contributed by atoms with Crippen LogP contribution in [0, 0.1) is 6.92 Å². The van der Waals surface area contributed by atoms with Gasteiger partial charge in [0, 0.05) is 0 Å². The van der Waals surface area contributed by atoms with E-state index in [1.807, 2.05) is 31.2 Å². The van der Waals surface area contributed by atoms with Crippen LogP contribution >= 0.6 is 11.8 Å². The Hall–Kier alpha value is -2.02. The van der Waals surface area contributed by atoms with Crippen LogP contribution in [-0.2, 0) is 11.2 Å². The molecule has 0 aliphatic heterocycles. The first-order chi connectivity index (χ1) is 10.6. The van der Waals surface area contributed by atoms with E-state index in [4.69, 9.17) is 4.74 Å². The van der Waals surface area contributed by atoms with Crippen LogP contribution in [0.15, 0.2) is 29.4 Å². The molecule has 1 aromatic carbocycles. The second kappa shape index (κ2) is 7.84. The second-order valence-corrected chi connectivity index (χ2v) is 5.85. The predicted molar refractivity (Wildman–Crippen MR) is 86.8 cm³/mol. The number of aryl methyl sites for hydroxylation is 2. The average molecular weight is 320 g/mol. The predicted octanol–water partition coefficient (Wildman–Crippen LogP) is 2.41. The summed E-state index contributed by atoms with van der Waals surface area (Å²) >= 11 is 1.52. The molecule has 1 aromatic heterocycles. The highest BCUT2D eigenvalue weighted by molar-refractivity contribution is 7.99. The standard InChI is InChI=1S/C15H20N4O2S/c1-4-12-6-8-13(9-7-12)21-10-14(20)18-19-11(3)16-17-15(19)22-5-2/h6-9H,4-5,10H2,1-3H3,(H,18,20). The highest BCUT2D eigenvalue weighted by Gasteiger charge is 2.12. The number of nitrogens with zero attached hydrogens (tertiary/aromatic N) is 3. The fraction of sp³-hybridized carbons (Fsp3) is 0.400. The number of hydrogen-bond acceptors (Lipinski definition) is 5. The minimum atomic E-state index is -0.250. The Kier molecular flexibility index (Phi) is 5.83. The number of amides is 1. The van der Waals surface area contributed by atoms with E-state index in [1.54, 1.807) is 11.6 Å². The van der Waals surface area contributed by atoms with Gasteiger partial charge in [0.25, 0.3) is 5.91 Å². The number of aromatic nitrogens is 3. The third-order valence-electron chi connectivity index (χ3n) is 3.01. The van der Waals surface area contributed by atoms with Crippen LogP contribution in [0.3, 0.4) is 0 Å². The number of carbonyl (C=O) groups is 1. The number of rotatable bonds is 7. The lowest BCUT2D eigenvalue weighted by atomic mass is 10.2. The van der Waals surface area contributed by atoms with Gasteiger partial charge in [-0.3, -0.25) is 10.2 Å². The van der Waals surface area contributed by atoms with E-state index in [1.165, 1.54) is 17.3 Å². The van der Waals surface area contributed by atoms with Gasteiger partial charge < -0.3 is 4.74 Å². The van der Waals surface area contributed by atoms with E-state index >= 15 is 0 Å². The van der Waals surface area contributed by atoms with Gasteiger partial charge >= 0.3 is 0 Å². The van der Waals surface area contributed by atoms with Gasteiger partial charge in [0.05, 0.1) is 0 Å². The van der Waals surface area contributed by atoms with E-state index < -0.39 is 0 Å². The molecule has 7 heteroatoms. The summed E-state index contributed by atoms with van der Waals surface area (Å²) in [5.41, 5.74) is 3.98. The fourth-order valence-corrected chi connectivity index (χ4v) is 2.49. The van der Waals surface area contributed by atoms with Crippen molar-refractivity contribution in [2.45, 2.75) is 32.3 Å². The zero-order chi connectivity index (χ0) is 15.9. The summed E-state index contributed by atoms with van der Waals surface area (Å²) in [6.07, 6.45) is 0.978. The maximum Gasteiger partial charge on any atom is 0.276 e. The van der Waals surface area contributed by atoms with E-state index in [0.29, 0.717) is 16.7 Å².